The van der Waals surface area contributed by atoms with E-state index in [-0.39, 0.29) is 6.61 Å². The molecule has 2 aromatic carbocycles. The summed E-state index contributed by atoms with van der Waals surface area (Å²) < 4.78 is 11.2. The van der Waals surface area contributed by atoms with E-state index >= 15 is 0 Å². The van der Waals surface area contributed by atoms with Gasteiger partial charge >= 0.3 is 0 Å². The summed E-state index contributed by atoms with van der Waals surface area (Å²) >= 11 is 15.1. The highest BCUT2D eigenvalue weighted by Gasteiger charge is 2.06. The molecule has 0 radical (unpaired) electrons. The van der Waals surface area contributed by atoms with E-state index in [9.17, 15) is 4.79 Å². The first-order valence-corrected chi connectivity index (χ1v) is 8.28. The van der Waals surface area contributed by atoms with Crippen LogP contribution in [0, 0.1) is 0 Å². The fourth-order valence-corrected chi connectivity index (χ4v) is 2.73. The van der Waals surface area contributed by atoms with Gasteiger partial charge in [0.15, 0.2) is 6.61 Å². The number of amides is 1. The molecule has 0 spiro atoms. The van der Waals surface area contributed by atoms with Gasteiger partial charge in [0.2, 0.25) is 0 Å². The molecule has 0 aliphatic carbocycles. The van der Waals surface area contributed by atoms with Crippen LogP contribution in [0.5, 0.6) is 11.5 Å². The van der Waals surface area contributed by atoms with E-state index in [0.717, 1.165) is 10.0 Å². The number of hydrogen-bond acceptors (Lipinski definition) is 4. The number of methoxy groups -OCH3 is 1. The normalized spacial score (nSPS) is 10.7. The fourth-order valence-electron chi connectivity index (χ4n) is 1.71. The van der Waals surface area contributed by atoms with Crippen molar-refractivity contribution in [2.75, 3.05) is 13.7 Å². The summed E-state index contributed by atoms with van der Waals surface area (Å²) in [7, 11) is 1.58. The third-order valence-electron chi connectivity index (χ3n) is 2.83. The van der Waals surface area contributed by atoms with Crippen molar-refractivity contribution in [3.63, 3.8) is 0 Å². The number of nitrogens with one attached hydrogen (secondary N) is 1. The Morgan fingerprint density at radius 1 is 1.25 bits per heavy atom. The maximum absolute atomic E-state index is 11.7. The monoisotopic (exact) mass is 430 g/mol. The molecule has 0 fully saturated rings. The molecular weight excluding hydrogens is 419 g/mol. The Balaban J connectivity index is 1.85. The number of carbonyl (C=O) groups is 1. The van der Waals surface area contributed by atoms with Crippen molar-refractivity contribution in [1.29, 1.82) is 0 Å². The van der Waals surface area contributed by atoms with Crippen LogP contribution in [-0.4, -0.2) is 25.8 Å². The lowest BCUT2D eigenvalue weighted by Gasteiger charge is -2.07. The van der Waals surface area contributed by atoms with Gasteiger partial charge in [-0.3, -0.25) is 4.79 Å². The highest BCUT2D eigenvalue weighted by Crippen LogP contribution is 2.27. The third kappa shape index (κ3) is 5.40. The number of rotatable bonds is 6. The molecule has 0 saturated heterocycles. The van der Waals surface area contributed by atoms with Gasteiger partial charge in [-0.15, -0.1) is 0 Å². The highest BCUT2D eigenvalue weighted by molar-refractivity contribution is 9.10. The van der Waals surface area contributed by atoms with Crippen molar-refractivity contribution in [1.82, 2.24) is 5.43 Å². The van der Waals surface area contributed by atoms with Crippen LogP contribution in [0.2, 0.25) is 10.0 Å². The standard InChI is InChI=1S/C16H13BrCl2N2O3/c1-23-14-4-2-10(6-12(14)17)8-20-21-16(22)9-24-15-5-3-11(18)7-13(15)19/h2-8H,9H2,1H3,(H,21,22)/b20-8-. The van der Waals surface area contributed by atoms with Crippen LogP contribution >= 0.6 is 39.1 Å². The van der Waals surface area contributed by atoms with Gasteiger partial charge in [0.05, 0.1) is 22.8 Å². The summed E-state index contributed by atoms with van der Waals surface area (Å²) in [6, 6.07) is 10.2. The maximum Gasteiger partial charge on any atom is 0.277 e. The summed E-state index contributed by atoms with van der Waals surface area (Å²) in [6.07, 6.45) is 1.51. The zero-order valence-corrected chi connectivity index (χ0v) is 15.7. The second kappa shape index (κ2) is 8.92. The van der Waals surface area contributed by atoms with Crippen molar-refractivity contribution in [3.8, 4) is 11.5 Å². The average Bonchev–Trinajstić information content (AvgIpc) is 2.54. The molecular formula is C16H13BrCl2N2O3. The SMILES string of the molecule is COc1ccc(/C=N\NC(=O)COc2ccc(Cl)cc2Cl)cc1Br. The van der Waals surface area contributed by atoms with Crippen LogP contribution in [0.25, 0.3) is 0 Å². The predicted molar refractivity (Wildman–Crippen MR) is 98.4 cm³/mol. The average molecular weight is 432 g/mol. The first-order chi connectivity index (χ1) is 11.5. The molecule has 2 rings (SSSR count). The van der Waals surface area contributed by atoms with E-state index in [2.05, 4.69) is 26.5 Å². The molecule has 0 bridgehead atoms. The molecule has 5 nitrogen and oxygen atoms in total. The molecule has 24 heavy (non-hydrogen) atoms. The lowest BCUT2D eigenvalue weighted by Crippen LogP contribution is -2.24. The summed E-state index contributed by atoms with van der Waals surface area (Å²) in [5.41, 5.74) is 3.17. The van der Waals surface area contributed by atoms with Gasteiger partial charge in [0.25, 0.3) is 5.91 Å². The van der Waals surface area contributed by atoms with Gasteiger partial charge in [-0.1, -0.05) is 23.2 Å². The second-order valence-corrected chi connectivity index (χ2v) is 6.25. The minimum atomic E-state index is -0.412. The molecule has 0 aliphatic rings. The van der Waals surface area contributed by atoms with Gasteiger partial charge in [-0.25, -0.2) is 5.43 Å². The van der Waals surface area contributed by atoms with Gasteiger partial charge in [0.1, 0.15) is 11.5 Å². The first-order valence-electron chi connectivity index (χ1n) is 6.73. The van der Waals surface area contributed by atoms with Crippen molar-refractivity contribution < 1.29 is 14.3 Å². The molecule has 0 heterocycles. The molecule has 0 aromatic heterocycles. The van der Waals surface area contributed by atoms with E-state index in [1.807, 2.05) is 12.1 Å². The fraction of sp³-hybridized carbons (Fsp3) is 0.125. The lowest BCUT2D eigenvalue weighted by atomic mass is 10.2. The highest BCUT2D eigenvalue weighted by atomic mass is 79.9. The zero-order chi connectivity index (χ0) is 17.5. The number of carbonyl (C=O) groups excluding carboxylic acids is 1. The molecule has 0 unspecified atom stereocenters. The predicted octanol–water partition coefficient (Wildman–Crippen LogP) is 4.29. The Morgan fingerprint density at radius 2 is 2.00 bits per heavy atom. The van der Waals surface area contributed by atoms with Crippen molar-refractivity contribution in [2.45, 2.75) is 0 Å². The molecule has 0 saturated carbocycles. The molecule has 2 aromatic rings. The van der Waals surface area contributed by atoms with Crippen molar-refractivity contribution in [3.05, 3.63) is 56.5 Å². The number of nitrogens with zero attached hydrogens (tertiary/aromatic N) is 1. The molecule has 0 aliphatic heterocycles. The van der Waals surface area contributed by atoms with Gasteiger partial charge < -0.3 is 9.47 Å². The van der Waals surface area contributed by atoms with E-state index < -0.39 is 5.91 Å². The lowest BCUT2D eigenvalue weighted by molar-refractivity contribution is -0.123. The van der Waals surface area contributed by atoms with Crippen LogP contribution in [0.15, 0.2) is 46.0 Å². The summed E-state index contributed by atoms with van der Waals surface area (Å²) in [5.74, 6) is 0.675. The van der Waals surface area contributed by atoms with Gasteiger partial charge in [-0.2, -0.15) is 5.10 Å². The number of halogens is 3. The Labute approximate surface area is 157 Å². The molecule has 126 valence electrons. The maximum atomic E-state index is 11.7. The van der Waals surface area contributed by atoms with Crippen molar-refractivity contribution in [2.24, 2.45) is 5.10 Å². The van der Waals surface area contributed by atoms with Crippen LogP contribution in [0.1, 0.15) is 5.56 Å². The number of hydrazone groups is 1. The van der Waals surface area contributed by atoms with Gasteiger partial charge in [0, 0.05) is 5.02 Å². The van der Waals surface area contributed by atoms with E-state index in [1.54, 1.807) is 25.3 Å². The molecule has 0 atom stereocenters. The summed E-state index contributed by atoms with van der Waals surface area (Å²) in [5, 5.41) is 4.69. The van der Waals surface area contributed by atoms with Crippen LogP contribution in [0.3, 0.4) is 0 Å². The van der Waals surface area contributed by atoms with E-state index in [4.69, 9.17) is 32.7 Å². The summed E-state index contributed by atoms with van der Waals surface area (Å²) in [6.45, 7) is -0.217. The number of benzene rings is 2. The molecule has 1 amide bonds. The number of ether oxygens (including phenoxy) is 2. The van der Waals surface area contributed by atoms with E-state index in [0.29, 0.717) is 21.5 Å². The Bertz CT molecular complexity index is 769. The minimum absolute atomic E-state index is 0.217. The topological polar surface area (TPSA) is 59.9 Å². The zero-order valence-electron chi connectivity index (χ0n) is 12.6. The van der Waals surface area contributed by atoms with Crippen LogP contribution < -0.4 is 14.9 Å². The van der Waals surface area contributed by atoms with Crippen LogP contribution in [0.4, 0.5) is 0 Å². The quantitative estimate of drug-likeness (QED) is 0.548. The summed E-state index contributed by atoms with van der Waals surface area (Å²) in [4.78, 5) is 11.7. The Hall–Kier alpha value is -1.76. The minimum Gasteiger partial charge on any atom is -0.496 e. The van der Waals surface area contributed by atoms with Crippen molar-refractivity contribution >= 4 is 51.3 Å². The van der Waals surface area contributed by atoms with Gasteiger partial charge in [-0.05, 0) is 57.9 Å². The Morgan fingerprint density at radius 3 is 2.67 bits per heavy atom. The second-order valence-electron chi connectivity index (χ2n) is 4.55. The largest absolute Gasteiger partial charge is 0.496 e. The smallest absolute Gasteiger partial charge is 0.277 e. The molecule has 1 N–H and O–H groups in total. The molecule has 8 heteroatoms. The third-order valence-corrected chi connectivity index (χ3v) is 3.98. The van der Waals surface area contributed by atoms with E-state index in [1.165, 1.54) is 12.3 Å². The Kier molecular flexibility index (Phi) is 6.90. The number of hydrogen-bond donors (Lipinski definition) is 1. The first kappa shape index (κ1) is 18.6. The van der Waals surface area contributed by atoms with Crippen LogP contribution in [-0.2, 0) is 4.79 Å².